The van der Waals surface area contributed by atoms with Crippen LogP contribution in [0.15, 0.2) is 170 Å². The third-order valence-electron chi connectivity index (χ3n) is 13.4. The van der Waals surface area contributed by atoms with Gasteiger partial charge in [-0.1, -0.05) is 156 Å². The van der Waals surface area contributed by atoms with Gasteiger partial charge in [0, 0.05) is 66.6 Å². The number of aromatic nitrogens is 4. The van der Waals surface area contributed by atoms with Crippen LogP contribution in [0.5, 0.6) is 0 Å². The maximum atomic E-state index is 13.5. The van der Waals surface area contributed by atoms with E-state index in [-0.39, 0.29) is 11.6 Å². The Hall–Kier alpha value is -8.87. The highest BCUT2D eigenvalue weighted by Crippen LogP contribution is 2.38. The van der Waals surface area contributed by atoms with Gasteiger partial charge in [-0.3, -0.25) is 9.59 Å². The lowest BCUT2D eigenvalue weighted by molar-refractivity contribution is 0.0979. The van der Waals surface area contributed by atoms with E-state index < -0.39 is 0 Å². The molecule has 4 aromatic heterocycles. The molecule has 0 saturated carbocycles. The Morgan fingerprint density at radius 2 is 0.853 bits per heavy atom. The number of aryl methyl sites for hydroxylation is 3. The second-order valence-electron chi connectivity index (χ2n) is 17.9. The van der Waals surface area contributed by atoms with Crippen LogP contribution in [0.1, 0.15) is 71.0 Å². The van der Waals surface area contributed by atoms with Crippen molar-refractivity contribution in [1.82, 2.24) is 19.9 Å². The van der Waals surface area contributed by atoms with Crippen LogP contribution in [0.2, 0.25) is 0 Å². The smallest absolute Gasteiger partial charge is 0.194 e. The first-order valence-electron chi connectivity index (χ1n) is 22.9. The Balaban J connectivity index is 1.05. The van der Waals surface area contributed by atoms with E-state index in [4.69, 9.17) is 4.98 Å². The summed E-state index contributed by atoms with van der Waals surface area (Å²) in [5, 5.41) is 0. The molecule has 0 amide bonds. The number of H-pyrrole nitrogens is 3. The molecule has 2 aliphatic rings. The molecule has 0 saturated heterocycles. The van der Waals surface area contributed by atoms with Gasteiger partial charge in [0.2, 0.25) is 0 Å². The number of ketones is 2. The predicted molar refractivity (Wildman–Crippen MR) is 280 cm³/mol. The van der Waals surface area contributed by atoms with Gasteiger partial charge in [-0.05, 0) is 109 Å². The molecule has 3 N–H and O–H groups in total. The largest absolute Gasteiger partial charge is 0.354 e. The Morgan fingerprint density at radius 3 is 1.46 bits per heavy atom. The summed E-state index contributed by atoms with van der Waals surface area (Å²) in [5.41, 5.74) is 23.1. The molecule has 1 aliphatic carbocycles. The van der Waals surface area contributed by atoms with Crippen LogP contribution >= 0.6 is 0 Å². The zero-order valence-corrected chi connectivity index (χ0v) is 37.7. The van der Waals surface area contributed by atoms with Crippen molar-refractivity contribution in [2.75, 3.05) is 0 Å². The Labute approximate surface area is 393 Å². The Bertz CT molecular complexity index is 3880. The number of nitrogens with zero attached hydrogens (tertiary/aromatic N) is 1. The highest BCUT2D eigenvalue weighted by molar-refractivity contribution is 6.28. The molecule has 8 bridgehead atoms. The first-order valence-corrected chi connectivity index (χ1v) is 22.9. The SMILES string of the molecule is Cc1ccc(-c2c3nc(c4cc(/C=C/c5ccc(-c6ccc7c(c6)C(=O)c6ccccc6C7=O)cc5)c([nH]4)c(-c4ccc(C)cc4)c4ccc([nH]4)c(-c4ccc(C)cc4)c4ccc2[nH]4)C=C3)cc1. The van der Waals surface area contributed by atoms with E-state index in [0.29, 0.717) is 22.3 Å². The van der Waals surface area contributed by atoms with Crippen LogP contribution in [0.3, 0.4) is 0 Å². The van der Waals surface area contributed by atoms with E-state index in [0.717, 1.165) is 100 Å². The van der Waals surface area contributed by atoms with Crippen LogP contribution in [0.25, 0.3) is 102 Å². The van der Waals surface area contributed by atoms with Gasteiger partial charge in [0.05, 0.1) is 22.4 Å². The topological polar surface area (TPSA) is 94.4 Å². The lowest BCUT2D eigenvalue weighted by Crippen LogP contribution is -2.20. The standard InChI is InChI=1S/C62H44N4O2/c1-36-8-17-41(18-9-36)57-51-29-28-50(63-51)56-35-45(25-16-39-14-23-40(24-15-39)44-26-27-48-49(34-44)62(68)47-7-5-4-6-46(47)61(48)67)60(66-56)59(43-21-12-38(3)13-22-43)55-33-32-54(65-55)58(53-31-30-52(57)64-53)42-19-10-37(2)11-20-42/h4-35,64-66H,1-3H3/b25-16+,56-50?,57-51?,57-52?,58-53?,58-54?,59-55?,60-59?. The van der Waals surface area contributed by atoms with E-state index >= 15 is 0 Å². The summed E-state index contributed by atoms with van der Waals surface area (Å²) >= 11 is 0. The fourth-order valence-electron chi connectivity index (χ4n) is 9.72. The summed E-state index contributed by atoms with van der Waals surface area (Å²) in [6.07, 6.45) is 8.53. The molecule has 324 valence electrons. The minimum Gasteiger partial charge on any atom is -0.354 e. The third-order valence-corrected chi connectivity index (χ3v) is 13.4. The molecule has 68 heavy (non-hydrogen) atoms. The Morgan fingerprint density at radius 1 is 0.382 bits per heavy atom. The summed E-state index contributed by atoms with van der Waals surface area (Å²) in [5.74, 6) is -0.242. The number of hydrogen-bond donors (Lipinski definition) is 3. The maximum absolute atomic E-state index is 13.5. The van der Waals surface area contributed by atoms with Crippen LogP contribution in [-0.2, 0) is 0 Å². The molecule has 0 atom stereocenters. The van der Waals surface area contributed by atoms with Gasteiger partial charge in [-0.2, -0.15) is 0 Å². The second kappa shape index (κ2) is 16.2. The lowest BCUT2D eigenvalue weighted by atomic mass is 9.83. The molecule has 0 unspecified atom stereocenters. The van der Waals surface area contributed by atoms with Crippen molar-refractivity contribution in [1.29, 1.82) is 0 Å². The number of nitrogens with one attached hydrogen (secondary N) is 3. The zero-order valence-electron chi connectivity index (χ0n) is 37.7. The number of rotatable bonds is 6. The molecular formula is C62H44N4O2. The third kappa shape index (κ3) is 7.11. The number of benzene rings is 6. The second-order valence-corrected chi connectivity index (χ2v) is 17.9. The van der Waals surface area contributed by atoms with E-state index in [9.17, 15) is 9.59 Å². The Kier molecular flexibility index (Phi) is 9.69. The van der Waals surface area contributed by atoms with E-state index in [1.807, 2.05) is 12.1 Å². The average molecular weight is 877 g/mol. The summed E-state index contributed by atoms with van der Waals surface area (Å²) in [7, 11) is 0. The monoisotopic (exact) mass is 876 g/mol. The van der Waals surface area contributed by atoms with Gasteiger partial charge >= 0.3 is 0 Å². The quantitative estimate of drug-likeness (QED) is 0.155. The lowest BCUT2D eigenvalue weighted by Gasteiger charge is -2.18. The van der Waals surface area contributed by atoms with Crippen molar-refractivity contribution in [2.45, 2.75) is 20.8 Å². The van der Waals surface area contributed by atoms with Gasteiger partial charge in [0.25, 0.3) is 0 Å². The van der Waals surface area contributed by atoms with Gasteiger partial charge in [-0.15, -0.1) is 0 Å². The summed E-state index contributed by atoms with van der Waals surface area (Å²) in [4.78, 5) is 43.8. The number of aromatic amines is 3. The minimum atomic E-state index is -0.124. The summed E-state index contributed by atoms with van der Waals surface area (Å²) < 4.78 is 0. The molecule has 5 heterocycles. The molecule has 0 spiro atoms. The molecule has 12 rings (SSSR count). The molecule has 6 heteroatoms. The molecule has 6 nitrogen and oxygen atoms in total. The number of hydrogen-bond acceptors (Lipinski definition) is 3. The van der Waals surface area contributed by atoms with E-state index in [1.54, 1.807) is 30.3 Å². The van der Waals surface area contributed by atoms with Gasteiger partial charge in [0.15, 0.2) is 11.6 Å². The van der Waals surface area contributed by atoms with Crippen LogP contribution in [-0.4, -0.2) is 31.5 Å². The van der Waals surface area contributed by atoms with Crippen molar-refractivity contribution in [3.63, 3.8) is 0 Å². The molecule has 10 aromatic rings. The summed E-state index contributed by atoms with van der Waals surface area (Å²) in [6.45, 7) is 6.34. The number of carbonyl (C=O) groups is 2. The highest BCUT2D eigenvalue weighted by atomic mass is 16.1. The molecule has 0 radical (unpaired) electrons. The first-order chi connectivity index (χ1) is 33.2. The number of fused-ring (bicyclic) bond motifs is 11. The van der Waals surface area contributed by atoms with Crippen molar-refractivity contribution in [2.24, 2.45) is 0 Å². The first kappa shape index (κ1) is 40.6. The maximum Gasteiger partial charge on any atom is 0.194 e. The van der Waals surface area contributed by atoms with Crippen LogP contribution in [0, 0.1) is 20.8 Å². The van der Waals surface area contributed by atoms with Gasteiger partial charge < -0.3 is 15.0 Å². The van der Waals surface area contributed by atoms with Crippen molar-refractivity contribution in [3.8, 4) is 44.5 Å². The van der Waals surface area contributed by atoms with E-state index in [1.165, 1.54) is 16.7 Å². The van der Waals surface area contributed by atoms with Crippen molar-refractivity contribution >= 4 is 69.0 Å². The highest BCUT2D eigenvalue weighted by Gasteiger charge is 2.29. The molecule has 0 fully saturated rings. The van der Waals surface area contributed by atoms with Crippen molar-refractivity contribution < 1.29 is 9.59 Å². The molecule has 1 aliphatic heterocycles. The fourth-order valence-corrected chi connectivity index (χ4v) is 9.72. The fraction of sp³-hybridized carbons (Fsp3) is 0.0484. The van der Waals surface area contributed by atoms with Crippen LogP contribution < -0.4 is 0 Å². The van der Waals surface area contributed by atoms with Crippen LogP contribution in [0.4, 0.5) is 0 Å². The molecule has 6 aromatic carbocycles. The average Bonchev–Trinajstić information content (AvgIpc) is 4.22. The minimum absolute atomic E-state index is 0.118. The number of carbonyl (C=O) groups excluding carboxylic acids is 2. The molecular weight excluding hydrogens is 833 g/mol. The summed E-state index contributed by atoms with van der Waals surface area (Å²) in [6, 6.07) is 57.9. The normalized spacial score (nSPS) is 12.6. The van der Waals surface area contributed by atoms with Gasteiger partial charge in [-0.25, -0.2) is 4.98 Å². The van der Waals surface area contributed by atoms with Crippen molar-refractivity contribution in [3.05, 3.63) is 231 Å². The predicted octanol–water partition coefficient (Wildman–Crippen LogP) is 15.2. The van der Waals surface area contributed by atoms with Gasteiger partial charge in [0.1, 0.15) is 0 Å². The zero-order chi connectivity index (χ0) is 46.0. The van der Waals surface area contributed by atoms with E-state index in [2.05, 4.69) is 187 Å².